The Morgan fingerprint density at radius 2 is 2.19 bits per heavy atom. The molecule has 0 spiro atoms. The van der Waals surface area contributed by atoms with Crippen molar-refractivity contribution in [2.75, 3.05) is 5.75 Å². The van der Waals surface area contributed by atoms with Crippen LogP contribution in [0.2, 0.25) is 0 Å². The summed E-state index contributed by atoms with van der Waals surface area (Å²) < 4.78 is 27.0. The molecule has 0 aliphatic heterocycles. The molecular weight excluding hydrogens is 230 g/mol. The molecule has 3 atom stereocenters. The van der Waals surface area contributed by atoms with Crippen molar-refractivity contribution in [3.8, 4) is 0 Å². The van der Waals surface area contributed by atoms with Crippen LogP contribution in [-0.2, 0) is 28.3 Å². The van der Waals surface area contributed by atoms with E-state index in [0.29, 0.717) is 18.8 Å². The second-order valence-electron chi connectivity index (χ2n) is 5.46. The summed E-state index contributed by atoms with van der Waals surface area (Å²) in [5.41, 5.74) is -1.05. The summed E-state index contributed by atoms with van der Waals surface area (Å²) in [6.07, 6.45) is 2.04. The van der Waals surface area contributed by atoms with E-state index in [1.165, 1.54) is 0 Å². The first kappa shape index (κ1) is 12.2. The maximum atomic E-state index is 12.0. The van der Waals surface area contributed by atoms with Gasteiger partial charge in [0.15, 0.2) is 5.75 Å². The standard InChI is InChI=1S/C10H17NO4S/c1-9(2)7-3-4-10(9,8(12)5-7)6-16(13,14)15-11/h7H,3-6,11H2,1-2H3/q+1. The van der Waals surface area contributed by atoms with E-state index in [1.807, 2.05) is 13.8 Å². The van der Waals surface area contributed by atoms with Crippen LogP contribution in [0.15, 0.2) is 0 Å². The first-order chi connectivity index (χ1) is 7.25. The van der Waals surface area contributed by atoms with Gasteiger partial charge in [0.2, 0.25) is 0 Å². The van der Waals surface area contributed by atoms with E-state index in [-0.39, 0.29) is 17.0 Å². The average molecular weight is 247 g/mol. The molecule has 6 heteroatoms. The lowest BCUT2D eigenvalue weighted by molar-refractivity contribution is -0.128. The third kappa shape index (κ3) is 1.40. The van der Waals surface area contributed by atoms with Gasteiger partial charge in [0.05, 0.1) is 9.97 Å². The number of hydrogen-bond donors (Lipinski definition) is 1. The summed E-state index contributed by atoms with van der Waals surface area (Å²) in [7, 11) is -3.79. The highest BCUT2D eigenvalue weighted by molar-refractivity contribution is 7.92. The van der Waals surface area contributed by atoms with Crippen LogP contribution in [0.3, 0.4) is 0 Å². The Bertz CT molecular complexity index is 381. The molecule has 0 aromatic rings. The molecule has 2 aliphatic carbocycles. The van der Waals surface area contributed by atoms with Gasteiger partial charge >= 0.3 is 10.5 Å². The van der Waals surface area contributed by atoms with Gasteiger partial charge in [-0.3, -0.25) is 4.79 Å². The Morgan fingerprint density at radius 1 is 1.56 bits per heavy atom. The van der Waals surface area contributed by atoms with Crippen molar-refractivity contribution >= 4 is 16.3 Å². The van der Waals surface area contributed by atoms with Crippen molar-refractivity contribution in [1.29, 1.82) is 0 Å². The van der Waals surface area contributed by atoms with Gasteiger partial charge in [0.1, 0.15) is 5.78 Å². The van der Waals surface area contributed by atoms with Gasteiger partial charge < -0.3 is 0 Å². The summed E-state index contributed by atoms with van der Waals surface area (Å²) in [6, 6.07) is 0. The maximum Gasteiger partial charge on any atom is 0.414 e. The van der Waals surface area contributed by atoms with E-state index in [2.05, 4.69) is 4.28 Å². The molecule has 2 fully saturated rings. The third-order valence-corrected chi connectivity index (χ3v) is 5.85. The zero-order valence-electron chi connectivity index (χ0n) is 9.52. The Morgan fingerprint density at radius 3 is 2.56 bits per heavy atom. The average Bonchev–Trinajstić information content (AvgIpc) is 2.51. The van der Waals surface area contributed by atoms with Crippen molar-refractivity contribution in [3.63, 3.8) is 0 Å². The molecule has 0 amide bonds. The maximum absolute atomic E-state index is 12.0. The molecule has 16 heavy (non-hydrogen) atoms. The van der Waals surface area contributed by atoms with Gasteiger partial charge in [-0.05, 0) is 32.7 Å². The fourth-order valence-corrected chi connectivity index (χ4v) is 4.79. The number of nitrogens with two attached hydrogens (primary N) is 1. The minimum absolute atomic E-state index is 0.0503. The van der Waals surface area contributed by atoms with Crippen molar-refractivity contribution < 1.29 is 17.8 Å². The van der Waals surface area contributed by atoms with Crippen molar-refractivity contribution in [3.05, 3.63) is 0 Å². The molecule has 5 nitrogen and oxygen atoms in total. The smallest absolute Gasteiger partial charge is 0.299 e. The topological polar surface area (TPSA) is 89.3 Å². The number of rotatable bonds is 3. The molecule has 2 rings (SSSR count). The molecule has 91 valence electrons. The lowest BCUT2D eigenvalue weighted by atomic mass is 9.70. The molecule has 2 aliphatic rings. The van der Waals surface area contributed by atoms with Crippen LogP contribution < -0.4 is 5.90 Å². The quantitative estimate of drug-likeness (QED) is 0.596. The normalized spacial score (nSPS) is 40.0. The monoisotopic (exact) mass is 247 g/mol. The highest BCUT2D eigenvalue weighted by Gasteiger charge is 2.68. The molecule has 2 bridgehead atoms. The predicted molar refractivity (Wildman–Crippen MR) is 57.4 cm³/mol. The highest BCUT2D eigenvalue weighted by atomic mass is 32.3. The summed E-state index contributed by atoms with van der Waals surface area (Å²) in [4.78, 5) is 12.0. The number of ketones is 1. The Labute approximate surface area is 96.1 Å². The van der Waals surface area contributed by atoms with Crippen LogP contribution in [0, 0.1) is 16.7 Å². The van der Waals surface area contributed by atoms with Gasteiger partial charge in [-0.25, -0.2) is 0 Å². The van der Waals surface area contributed by atoms with E-state index in [1.54, 1.807) is 0 Å². The summed E-state index contributed by atoms with van der Waals surface area (Å²) in [5.74, 6) is 4.82. The predicted octanol–water partition coefficient (Wildman–Crippen LogP) is 1.03. The van der Waals surface area contributed by atoms with Gasteiger partial charge in [-0.1, -0.05) is 13.8 Å². The second-order valence-corrected chi connectivity index (χ2v) is 7.06. The van der Waals surface area contributed by atoms with E-state index < -0.39 is 15.9 Å². The van der Waals surface area contributed by atoms with Crippen molar-refractivity contribution in [2.24, 2.45) is 22.6 Å². The van der Waals surface area contributed by atoms with Crippen LogP contribution in [0.4, 0.5) is 0 Å². The van der Waals surface area contributed by atoms with E-state index in [9.17, 15) is 13.6 Å². The van der Waals surface area contributed by atoms with Crippen molar-refractivity contribution in [1.82, 2.24) is 0 Å². The van der Waals surface area contributed by atoms with E-state index in [0.717, 1.165) is 6.42 Å². The first-order valence-electron chi connectivity index (χ1n) is 5.39. The van der Waals surface area contributed by atoms with E-state index in [4.69, 9.17) is 5.90 Å². The largest absolute Gasteiger partial charge is 0.414 e. The number of hydrogen-bond acceptors (Lipinski definition) is 4. The summed E-state index contributed by atoms with van der Waals surface area (Å²) in [6.45, 7) is 3.95. The lowest BCUT2D eigenvalue weighted by Crippen LogP contribution is -2.44. The Kier molecular flexibility index (Phi) is 2.55. The first-order valence-corrected chi connectivity index (χ1v) is 6.97. The molecule has 0 saturated heterocycles. The third-order valence-electron chi connectivity index (χ3n) is 4.71. The highest BCUT2D eigenvalue weighted by Crippen LogP contribution is 2.64. The molecule has 0 heterocycles. The molecule has 3 unspecified atom stereocenters. The minimum Gasteiger partial charge on any atom is -0.299 e. The van der Waals surface area contributed by atoms with Gasteiger partial charge in [-0.2, -0.15) is 5.90 Å². The zero-order chi connectivity index (χ0) is 12.2. The molecule has 0 aromatic heterocycles. The fraction of sp³-hybridized carbons (Fsp3) is 0.900. The van der Waals surface area contributed by atoms with Crippen LogP contribution in [0.1, 0.15) is 33.1 Å². The fourth-order valence-electron chi connectivity index (χ4n) is 3.44. The second kappa shape index (κ2) is 3.35. The summed E-state index contributed by atoms with van der Waals surface area (Å²) >= 11 is 0. The van der Waals surface area contributed by atoms with Crippen LogP contribution in [0.25, 0.3) is 0 Å². The van der Waals surface area contributed by atoms with Crippen LogP contribution >= 0.6 is 0 Å². The Hall–Kier alpha value is -0.300. The molecule has 2 N–H and O–H groups in total. The van der Waals surface area contributed by atoms with Gasteiger partial charge in [0.25, 0.3) is 0 Å². The number of Topliss-reactive ketones (excluding diaryl/α,β-unsaturated/α-hetero) is 1. The van der Waals surface area contributed by atoms with Crippen LogP contribution in [-0.4, -0.2) is 11.5 Å². The summed E-state index contributed by atoms with van der Waals surface area (Å²) in [5, 5.41) is 0. The number of carbonyl (C=O) groups excluding carboxylic acids is 1. The molecule has 0 aromatic carbocycles. The minimum atomic E-state index is -3.79. The number of fused-ring (bicyclic) bond motifs is 2. The van der Waals surface area contributed by atoms with E-state index >= 15 is 0 Å². The lowest BCUT2D eigenvalue weighted by Gasteiger charge is -2.33. The molecular formula is C10H17NO4S+. The van der Waals surface area contributed by atoms with Crippen LogP contribution in [0.5, 0.6) is 0 Å². The zero-order valence-corrected chi connectivity index (χ0v) is 10.3. The molecule has 2 saturated carbocycles. The number of carbonyl (C=O) groups is 1. The SMILES string of the molecule is CC1(C)C2CCC1(C[S+]([O])(=O)ON)C(=O)C2. The van der Waals surface area contributed by atoms with Gasteiger partial charge in [-0.15, -0.1) is 0 Å². The van der Waals surface area contributed by atoms with Gasteiger partial charge in [0, 0.05) is 6.42 Å². The molecule has 1 radical (unpaired) electrons. The Balaban J connectivity index is 2.36. The van der Waals surface area contributed by atoms with Crippen molar-refractivity contribution in [2.45, 2.75) is 33.1 Å².